The molecular formula is C19H12F6N4Na. The van der Waals surface area contributed by atoms with Crippen LogP contribution in [-0.2, 0) is 19.4 Å². The summed E-state index contributed by atoms with van der Waals surface area (Å²) in [7, 11) is 1.34. The summed E-state index contributed by atoms with van der Waals surface area (Å²) in [5.74, 6) is 0.0375. The number of aryl methyl sites for hydroxylation is 1. The average Bonchev–Trinajstić information content (AvgIpc) is 3.23. The standard InChI is InChI=1S/C19H12F6N4.Na/c1-29-15(9-16(28-29)19(23,24)25)17-26-13-7-6-10(8-14(13)27-17)11-4-2-3-5-12(11)18(20,21)22;/h2-6,8-9H,7H2,1H3;. The Morgan fingerprint density at radius 1 is 0.967 bits per heavy atom. The SMILES string of the molecule is Cn1nc(C(F)(F)F)cc1C1=NC2=CC(c3ccccc3C(F)(F)F)=CCC2=N1.[Na]. The van der Waals surface area contributed by atoms with E-state index in [1.807, 2.05) is 0 Å². The first-order valence-electron chi connectivity index (χ1n) is 8.41. The van der Waals surface area contributed by atoms with E-state index < -0.39 is 23.6 Å². The van der Waals surface area contributed by atoms with Gasteiger partial charge in [0.2, 0.25) is 0 Å². The molecule has 4 nitrogen and oxygen atoms in total. The number of allylic oxidation sites excluding steroid dienone is 4. The van der Waals surface area contributed by atoms with Gasteiger partial charge in [0.25, 0.3) is 0 Å². The van der Waals surface area contributed by atoms with Gasteiger partial charge < -0.3 is 0 Å². The number of hydrogen-bond donors (Lipinski definition) is 0. The van der Waals surface area contributed by atoms with Crippen LogP contribution in [0.15, 0.2) is 58.2 Å². The van der Waals surface area contributed by atoms with E-state index in [1.165, 1.54) is 31.3 Å². The number of nitrogens with zero attached hydrogens (tertiary/aromatic N) is 4. The molecule has 0 N–H and O–H groups in total. The summed E-state index contributed by atoms with van der Waals surface area (Å²) in [6, 6.07) is 6.02. The van der Waals surface area contributed by atoms with Crippen molar-refractivity contribution in [3.63, 3.8) is 0 Å². The number of alkyl halides is 6. The van der Waals surface area contributed by atoms with Gasteiger partial charge in [-0.15, -0.1) is 0 Å². The van der Waals surface area contributed by atoms with Crippen LogP contribution in [0, 0.1) is 0 Å². The Bertz CT molecular complexity index is 1120. The van der Waals surface area contributed by atoms with Crippen LogP contribution in [0.4, 0.5) is 26.3 Å². The molecule has 4 rings (SSSR count). The van der Waals surface area contributed by atoms with Crippen molar-refractivity contribution >= 4 is 46.7 Å². The summed E-state index contributed by atoms with van der Waals surface area (Å²) < 4.78 is 79.5. The maximum absolute atomic E-state index is 13.3. The van der Waals surface area contributed by atoms with Crippen molar-refractivity contribution in [1.82, 2.24) is 9.78 Å². The maximum atomic E-state index is 13.3. The van der Waals surface area contributed by atoms with Gasteiger partial charge in [-0.3, -0.25) is 4.68 Å². The zero-order valence-corrected chi connectivity index (χ0v) is 17.8. The van der Waals surface area contributed by atoms with Gasteiger partial charge in [-0.05, 0) is 29.3 Å². The van der Waals surface area contributed by atoms with Crippen molar-refractivity contribution < 1.29 is 26.3 Å². The van der Waals surface area contributed by atoms with Gasteiger partial charge >= 0.3 is 12.4 Å². The molecule has 11 heteroatoms. The zero-order chi connectivity index (χ0) is 21.0. The number of fused-ring (bicyclic) bond motifs is 1. The Morgan fingerprint density at radius 2 is 1.67 bits per heavy atom. The number of aliphatic imine (C=N–C) groups is 2. The molecule has 2 heterocycles. The fourth-order valence-electron chi connectivity index (χ4n) is 3.17. The van der Waals surface area contributed by atoms with Crippen molar-refractivity contribution in [3.05, 3.63) is 70.7 Å². The van der Waals surface area contributed by atoms with Crippen molar-refractivity contribution in [2.24, 2.45) is 17.0 Å². The number of aromatic nitrogens is 2. The molecule has 1 aromatic carbocycles. The van der Waals surface area contributed by atoms with Crippen molar-refractivity contribution in [2.75, 3.05) is 0 Å². The van der Waals surface area contributed by atoms with Crippen LogP contribution in [0.1, 0.15) is 28.9 Å². The van der Waals surface area contributed by atoms with E-state index in [0.29, 0.717) is 17.0 Å². The summed E-state index contributed by atoms with van der Waals surface area (Å²) in [5.41, 5.74) is -0.635. The Morgan fingerprint density at radius 3 is 2.30 bits per heavy atom. The molecule has 1 aliphatic carbocycles. The molecule has 0 amide bonds. The van der Waals surface area contributed by atoms with Crippen LogP contribution in [0.5, 0.6) is 0 Å². The fourth-order valence-corrected chi connectivity index (χ4v) is 3.17. The van der Waals surface area contributed by atoms with Gasteiger partial charge in [-0.1, -0.05) is 24.3 Å². The molecule has 1 radical (unpaired) electrons. The van der Waals surface area contributed by atoms with E-state index in [4.69, 9.17) is 0 Å². The zero-order valence-electron chi connectivity index (χ0n) is 15.8. The van der Waals surface area contributed by atoms with Crippen molar-refractivity contribution in [2.45, 2.75) is 18.8 Å². The average molecular weight is 433 g/mol. The summed E-state index contributed by atoms with van der Waals surface area (Å²) in [6.07, 6.45) is -5.86. The van der Waals surface area contributed by atoms with E-state index in [9.17, 15) is 26.3 Å². The first-order valence-corrected chi connectivity index (χ1v) is 8.41. The topological polar surface area (TPSA) is 42.5 Å². The van der Waals surface area contributed by atoms with E-state index in [1.54, 1.807) is 6.08 Å². The first-order chi connectivity index (χ1) is 13.5. The predicted molar refractivity (Wildman–Crippen MR) is 100 cm³/mol. The fraction of sp³-hybridized carbons (Fsp3) is 0.211. The maximum Gasteiger partial charge on any atom is 0.435 e. The van der Waals surface area contributed by atoms with Crippen molar-refractivity contribution in [1.29, 1.82) is 0 Å². The Labute approximate surface area is 189 Å². The second-order valence-corrected chi connectivity index (χ2v) is 6.47. The molecule has 2 aliphatic rings. The molecule has 30 heavy (non-hydrogen) atoms. The molecule has 0 fully saturated rings. The normalized spacial score (nSPS) is 16.2. The second kappa shape index (κ2) is 7.82. The van der Waals surface area contributed by atoms with Gasteiger partial charge in [-0.25, -0.2) is 9.98 Å². The molecule has 151 valence electrons. The number of rotatable bonds is 2. The van der Waals surface area contributed by atoms with Gasteiger partial charge in [0, 0.05) is 43.0 Å². The van der Waals surface area contributed by atoms with Crippen molar-refractivity contribution in [3.8, 4) is 0 Å². The van der Waals surface area contributed by atoms with Crippen LogP contribution in [-0.4, -0.2) is 50.9 Å². The third-order valence-electron chi connectivity index (χ3n) is 4.51. The van der Waals surface area contributed by atoms with E-state index in [0.717, 1.165) is 16.8 Å². The first kappa shape index (κ1) is 22.5. The molecule has 1 aliphatic heterocycles. The van der Waals surface area contributed by atoms with Crippen LogP contribution in [0.3, 0.4) is 0 Å². The Kier molecular flexibility index (Phi) is 5.87. The van der Waals surface area contributed by atoms with Gasteiger partial charge in [0.05, 0.1) is 17.0 Å². The van der Waals surface area contributed by atoms with Crippen LogP contribution >= 0.6 is 0 Å². The van der Waals surface area contributed by atoms with E-state index >= 15 is 0 Å². The molecule has 0 saturated heterocycles. The molecule has 0 saturated carbocycles. The smallest absolute Gasteiger partial charge is 0.264 e. The third kappa shape index (κ3) is 4.17. The summed E-state index contributed by atoms with van der Waals surface area (Å²) >= 11 is 0. The van der Waals surface area contributed by atoms with Gasteiger partial charge in [0.1, 0.15) is 5.69 Å². The van der Waals surface area contributed by atoms with Gasteiger partial charge in [0.15, 0.2) is 11.5 Å². The Hall–Kier alpha value is -2.17. The number of halogens is 6. The van der Waals surface area contributed by atoms with Crippen LogP contribution < -0.4 is 0 Å². The van der Waals surface area contributed by atoms with E-state index in [-0.39, 0.29) is 53.1 Å². The van der Waals surface area contributed by atoms with Crippen LogP contribution in [0.25, 0.3) is 5.57 Å². The predicted octanol–water partition coefficient (Wildman–Crippen LogP) is 4.65. The minimum atomic E-state index is -4.61. The van der Waals surface area contributed by atoms with Crippen LogP contribution in [0.2, 0.25) is 0 Å². The monoisotopic (exact) mass is 433 g/mol. The largest absolute Gasteiger partial charge is 0.435 e. The summed E-state index contributed by atoms with van der Waals surface area (Å²) in [5, 5.41) is 3.43. The second-order valence-electron chi connectivity index (χ2n) is 6.47. The number of hydrogen-bond acceptors (Lipinski definition) is 3. The molecule has 0 atom stereocenters. The Balaban J connectivity index is 0.00000256. The van der Waals surface area contributed by atoms with E-state index in [2.05, 4.69) is 15.1 Å². The molecule has 1 aromatic heterocycles. The molecule has 2 aromatic rings. The summed E-state index contributed by atoms with van der Waals surface area (Å²) in [4.78, 5) is 8.47. The summed E-state index contributed by atoms with van der Waals surface area (Å²) in [6.45, 7) is 0. The molecular weight excluding hydrogens is 421 g/mol. The third-order valence-corrected chi connectivity index (χ3v) is 4.51. The minimum absolute atomic E-state index is 0. The van der Waals surface area contributed by atoms with Gasteiger partial charge in [-0.2, -0.15) is 31.4 Å². The quantitative estimate of drug-likeness (QED) is 0.502. The number of amidine groups is 1. The number of benzene rings is 1. The molecule has 0 unspecified atom stereocenters. The minimum Gasteiger partial charge on any atom is -0.264 e. The molecule has 0 spiro atoms. The molecule has 0 bridgehead atoms.